The lowest BCUT2D eigenvalue weighted by atomic mass is 9.98. The van der Waals surface area contributed by atoms with Crippen molar-refractivity contribution in [2.24, 2.45) is 0 Å². The van der Waals surface area contributed by atoms with Gasteiger partial charge in [-0.25, -0.2) is 4.98 Å². The summed E-state index contributed by atoms with van der Waals surface area (Å²) in [5.74, 6) is 0.134. The van der Waals surface area contributed by atoms with Crippen molar-refractivity contribution in [2.45, 2.75) is 38.5 Å². The first-order chi connectivity index (χ1) is 8.72. The molecule has 0 aromatic carbocycles. The maximum atomic E-state index is 12.4. The molecule has 3 nitrogen and oxygen atoms in total. The average Bonchev–Trinajstić information content (AvgIpc) is 2.35. The van der Waals surface area contributed by atoms with Gasteiger partial charge in [-0.05, 0) is 18.9 Å². The number of pyridine rings is 1. The molecular formula is C12H16ClF3N2O. The van der Waals surface area contributed by atoms with Gasteiger partial charge in [-0.2, -0.15) is 13.2 Å². The van der Waals surface area contributed by atoms with E-state index >= 15 is 0 Å². The van der Waals surface area contributed by atoms with Crippen LogP contribution in [0.25, 0.3) is 0 Å². The Morgan fingerprint density at radius 2 is 1.89 bits per heavy atom. The van der Waals surface area contributed by atoms with Gasteiger partial charge in [0.1, 0.15) is 5.82 Å². The van der Waals surface area contributed by atoms with E-state index < -0.39 is 17.3 Å². The molecule has 0 aliphatic carbocycles. The molecule has 0 spiro atoms. The second-order valence-corrected chi connectivity index (χ2v) is 4.74. The predicted octanol–water partition coefficient (Wildman–Crippen LogP) is 3.72. The molecule has 0 aliphatic heterocycles. The summed E-state index contributed by atoms with van der Waals surface area (Å²) in [5, 5.41) is 12.7. The molecule has 0 saturated carbocycles. The summed E-state index contributed by atoms with van der Waals surface area (Å²) in [6, 6.07) is 0.813. The molecule has 0 radical (unpaired) electrons. The Morgan fingerprint density at radius 1 is 1.32 bits per heavy atom. The van der Waals surface area contributed by atoms with Crippen LogP contribution in [-0.2, 0) is 6.18 Å². The molecule has 7 heteroatoms. The molecular weight excluding hydrogens is 281 g/mol. The molecule has 0 bridgehead atoms. The summed E-state index contributed by atoms with van der Waals surface area (Å²) < 4.78 is 37.3. The summed E-state index contributed by atoms with van der Waals surface area (Å²) in [6.07, 6.45) is -2.71. The lowest BCUT2D eigenvalue weighted by molar-refractivity contribution is -0.137. The molecule has 0 aliphatic rings. The summed E-state index contributed by atoms with van der Waals surface area (Å²) >= 11 is 5.74. The minimum Gasteiger partial charge on any atom is -0.388 e. The Labute approximate surface area is 114 Å². The number of halogens is 4. The van der Waals surface area contributed by atoms with E-state index in [-0.39, 0.29) is 17.4 Å². The van der Waals surface area contributed by atoms with Crippen LogP contribution in [0.3, 0.4) is 0 Å². The highest BCUT2D eigenvalue weighted by Crippen LogP contribution is 2.32. The SMILES string of the molecule is CCC(O)(CC)CNc1ncc(C(F)(F)F)cc1Cl. The van der Waals surface area contributed by atoms with Crippen molar-refractivity contribution in [2.75, 3.05) is 11.9 Å². The lowest BCUT2D eigenvalue weighted by Gasteiger charge is -2.25. The molecule has 19 heavy (non-hydrogen) atoms. The lowest BCUT2D eigenvalue weighted by Crippen LogP contribution is -2.35. The van der Waals surface area contributed by atoms with Crippen molar-refractivity contribution in [3.63, 3.8) is 0 Å². The zero-order valence-corrected chi connectivity index (χ0v) is 11.4. The second-order valence-electron chi connectivity index (χ2n) is 4.34. The van der Waals surface area contributed by atoms with Crippen molar-refractivity contribution < 1.29 is 18.3 Å². The van der Waals surface area contributed by atoms with Gasteiger partial charge in [0.05, 0.1) is 16.2 Å². The fourth-order valence-corrected chi connectivity index (χ4v) is 1.70. The Kier molecular flexibility index (Phi) is 5.04. The maximum Gasteiger partial charge on any atom is 0.417 e. The molecule has 108 valence electrons. The van der Waals surface area contributed by atoms with Crippen molar-refractivity contribution in [3.8, 4) is 0 Å². The fourth-order valence-electron chi connectivity index (χ4n) is 1.47. The number of aromatic nitrogens is 1. The van der Waals surface area contributed by atoms with E-state index in [2.05, 4.69) is 10.3 Å². The number of anilines is 1. The summed E-state index contributed by atoms with van der Waals surface area (Å²) in [5.41, 5.74) is -1.82. The van der Waals surface area contributed by atoms with E-state index in [4.69, 9.17) is 11.6 Å². The summed E-state index contributed by atoms with van der Waals surface area (Å²) in [4.78, 5) is 3.64. The fraction of sp³-hybridized carbons (Fsp3) is 0.583. The third kappa shape index (κ3) is 4.24. The first-order valence-electron chi connectivity index (χ1n) is 5.91. The molecule has 0 fully saturated rings. The number of hydrogen-bond donors (Lipinski definition) is 2. The third-order valence-corrected chi connectivity index (χ3v) is 3.36. The number of rotatable bonds is 5. The van der Waals surface area contributed by atoms with Crippen LogP contribution in [0, 0.1) is 0 Å². The van der Waals surface area contributed by atoms with Crippen molar-refractivity contribution in [1.29, 1.82) is 0 Å². The van der Waals surface area contributed by atoms with Crippen LogP contribution in [0.2, 0.25) is 5.02 Å². The summed E-state index contributed by atoms with van der Waals surface area (Å²) in [6.45, 7) is 3.83. The molecule has 1 aromatic rings. The number of nitrogens with zero attached hydrogens (tertiary/aromatic N) is 1. The average molecular weight is 297 g/mol. The van der Waals surface area contributed by atoms with Crippen LogP contribution >= 0.6 is 11.6 Å². The first kappa shape index (κ1) is 16.0. The minimum absolute atomic E-state index is 0.121. The van der Waals surface area contributed by atoms with Crippen molar-refractivity contribution >= 4 is 17.4 Å². The van der Waals surface area contributed by atoms with E-state index in [9.17, 15) is 18.3 Å². The summed E-state index contributed by atoms with van der Waals surface area (Å²) in [7, 11) is 0. The molecule has 0 amide bonds. The molecule has 1 heterocycles. The van der Waals surface area contributed by atoms with Gasteiger partial charge in [-0.3, -0.25) is 0 Å². The van der Waals surface area contributed by atoms with Gasteiger partial charge < -0.3 is 10.4 Å². The van der Waals surface area contributed by atoms with Crippen LogP contribution in [0.1, 0.15) is 32.3 Å². The number of nitrogens with one attached hydrogen (secondary N) is 1. The Balaban J connectivity index is 2.82. The number of hydrogen-bond acceptors (Lipinski definition) is 3. The van der Waals surface area contributed by atoms with Crippen molar-refractivity contribution in [3.05, 3.63) is 22.8 Å². The van der Waals surface area contributed by atoms with Crippen molar-refractivity contribution in [1.82, 2.24) is 4.98 Å². The highest BCUT2D eigenvalue weighted by Gasteiger charge is 2.31. The highest BCUT2D eigenvalue weighted by atomic mass is 35.5. The zero-order valence-electron chi connectivity index (χ0n) is 10.7. The van der Waals surface area contributed by atoms with Gasteiger partial charge in [-0.1, -0.05) is 25.4 Å². The molecule has 0 atom stereocenters. The minimum atomic E-state index is -4.47. The van der Waals surface area contributed by atoms with E-state index in [0.29, 0.717) is 19.0 Å². The van der Waals surface area contributed by atoms with Gasteiger partial charge in [-0.15, -0.1) is 0 Å². The smallest absolute Gasteiger partial charge is 0.388 e. The largest absolute Gasteiger partial charge is 0.417 e. The van der Waals surface area contributed by atoms with Gasteiger partial charge in [0, 0.05) is 12.7 Å². The topological polar surface area (TPSA) is 45.1 Å². The van der Waals surface area contributed by atoms with Crippen LogP contribution in [-0.4, -0.2) is 22.2 Å². The van der Waals surface area contributed by atoms with E-state index in [1.807, 2.05) is 13.8 Å². The zero-order chi connectivity index (χ0) is 14.7. The number of alkyl halides is 3. The molecule has 2 N–H and O–H groups in total. The molecule has 1 aromatic heterocycles. The van der Waals surface area contributed by atoms with Crippen LogP contribution in [0.5, 0.6) is 0 Å². The highest BCUT2D eigenvalue weighted by molar-refractivity contribution is 6.32. The van der Waals surface area contributed by atoms with E-state index in [0.717, 1.165) is 6.07 Å². The Hall–Kier alpha value is -1.01. The van der Waals surface area contributed by atoms with Gasteiger partial charge in [0.2, 0.25) is 0 Å². The van der Waals surface area contributed by atoms with E-state index in [1.54, 1.807) is 0 Å². The van der Waals surface area contributed by atoms with Gasteiger partial charge in [0.25, 0.3) is 0 Å². The van der Waals surface area contributed by atoms with Gasteiger partial charge in [0.15, 0.2) is 0 Å². The molecule has 0 saturated heterocycles. The number of aliphatic hydroxyl groups is 1. The monoisotopic (exact) mass is 296 g/mol. The van der Waals surface area contributed by atoms with Crippen LogP contribution < -0.4 is 5.32 Å². The van der Waals surface area contributed by atoms with E-state index in [1.165, 1.54) is 0 Å². The maximum absolute atomic E-state index is 12.4. The molecule has 0 unspecified atom stereocenters. The normalized spacial score (nSPS) is 12.6. The molecule has 1 rings (SSSR count). The van der Waals surface area contributed by atoms with Crippen LogP contribution in [0.4, 0.5) is 19.0 Å². The van der Waals surface area contributed by atoms with Gasteiger partial charge >= 0.3 is 6.18 Å². The first-order valence-corrected chi connectivity index (χ1v) is 6.28. The second kappa shape index (κ2) is 5.96. The van der Waals surface area contributed by atoms with Crippen LogP contribution in [0.15, 0.2) is 12.3 Å². The third-order valence-electron chi connectivity index (χ3n) is 3.07. The Bertz CT molecular complexity index is 433. The predicted molar refractivity (Wildman–Crippen MR) is 68.3 cm³/mol. The Morgan fingerprint density at radius 3 is 2.32 bits per heavy atom. The quantitative estimate of drug-likeness (QED) is 0.870. The standard InChI is InChI=1S/C12H16ClF3N2O/c1-3-11(19,4-2)7-18-10-9(13)5-8(6-17-10)12(14,15)16/h5-6,19H,3-4,7H2,1-2H3,(H,17,18).